The topological polar surface area (TPSA) is 56.8 Å². The van der Waals surface area contributed by atoms with Crippen molar-refractivity contribution in [1.82, 2.24) is 0 Å². The number of nitrogens with one attached hydrogen (secondary N) is 1. The molecule has 254 valence electrons. The van der Waals surface area contributed by atoms with E-state index in [0.29, 0.717) is 18.4 Å². The van der Waals surface area contributed by atoms with Gasteiger partial charge in [0, 0.05) is 29.2 Å². The monoisotopic (exact) mass is 655 g/mol. The quantitative estimate of drug-likeness (QED) is 0.209. The number of anilines is 1. The van der Waals surface area contributed by atoms with E-state index in [1.54, 1.807) is 0 Å². The van der Waals surface area contributed by atoms with Crippen LogP contribution in [-0.4, -0.2) is 27.7 Å². The first-order valence-electron chi connectivity index (χ1n) is 17.9. The Balaban J connectivity index is 1.41. The van der Waals surface area contributed by atoms with Crippen LogP contribution in [0.15, 0.2) is 66.7 Å². The van der Waals surface area contributed by atoms with Gasteiger partial charge in [-0.05, 0) is 78.4 Å². The Hall–Kier alpha value is -2.93. The van der Waals surface area contributed by atoms with Crippen molar-refractivity contribution in [1.29, 1.82) is 0 Å². The van der Waals surface area contributed by atoms with Gasteiger partial charge in [-0.25, -0.2) is 0 Å². The fourth-order valence-electron chi connectivity index (χ4n) is 7.15. The summed E-state index contributed by atoms with van der Waals surface area (Å²) in [4.78, 5) is 14.0. The van der Waals surface area contributed by atoms with E-state index in [9.17, 15) is 4.79 Å². The number of hydrogen-bond donors (Lipinski definition) is 1. The van der Waals surface area contributed by atoms with E-state index >= 15 is 0 Å². The Morgan fingerprint density at radius 1 is 0.894 bits per heavy atom. The molecule has 0 saturated heterocycles. The first-order valence-corrected chi connectivity index (χ1v) is 20.6. The van der Waals surface area contributed by atoms with Crippen LogP contribution >= 0.6 is 0 Å². The Morgan fingerprint density at radius 3 is 2.09 bits per heavy atom. The molecule has 0 bridgehead atoms. The van der Waals surface area contributed by atoms with Gasteiger partial charge in [0.15, 0.2) is 9.04 Å². The van der Waals surface area contributed by atoms with Gasteiger partial charge in [0.1, 0.15) is 11.5 Å². The molecule has 1 saturated carbocycles. The first kappa shape index (κ1) is 35.4. The van der Waals surface area contributed by atoms with Crippen molar-refractivity contribution in [3.63, 3.8) is 0 Å². The maximum Gasteiger partial charge on any atom is 0.225 e. The molecule has 2 atom stereocenters. The predicted molar refractivity (Wildman–Crippen MR) is 196 cm³/mol. The van der Waals surface area contributed by atoms with Crippen molar-refractivity contribution < 1.29 is 18.7 Å². The number of fused-ring (bicyclic) bond motifs is 2. The fraction of sp³-hybridized carbons (Fsp3) is 0.537. The van der Waals surface area contributed by atoms with Crippen LogP contribution in [0.25, 0.3) is 0 Å². The van der Waals surface area contributed by atoms with Gasteiger partial charge in [-0.1, -0.05) is 109 Å². The number of para-hydroxylation sites is 2. The van der Waals surface area contributed by atoms with Crippen molar-refractivity contribution in [3.05, 3.63) is 89.0 Å². The summed E-state index contributed by atoms with van der Waals surface area (Å²) in [7, 11) is -1.38. The second-order valence-electron chi connectivity index (χ2n) is 16.1. The SMILES string of the molecule is C[SiH](C)OC(CC(COC1CCCCC1)C(C)(C)C)c1ccc(C(C)(C)C)c(NC(=O)CC2c3ccccc3Oc3ccccc32)c1. The Kier molecular flexibility index (Phi) is 11.4. The minimum atomic E-state index is -1.38. The third-order valence-electron chi connectivity index (χ3n) is 9.94. The van der Waals surface area contributed by atoms with E-state index in [-0.39, 0.29) is 28.8 Å². The first-order chi connectivity index (χ1) is 22.3. The van der Waals surface area contributed by atoms with Gasteiger partial charge < -0.3 is 19.2 Å². The van der Waals surface area contributed by atoms with Gasteiger partial charge in [0.05, 0.1) is 18.8 Å². The smallest absolute Gasteiger partial charge is 0.225 e. The van der Waals surface area contributed by atoms with E-state index in [1.165, 1.54) is 32.1 Å². The van der Waals surface area contributed by atoms with Gasteiger partial charge in [-0.2, -0.15) is 0 Å². The molecule has 1 N–H and O–H groups in total. The van der Waals surface area contributed by atoms with Crippen LogP contribution in [0.1, 0.15) is 121 Å². The summed E-state index contributed by atoms with van der Waals surface area (Å²) in [5, 5.41) is 3.38. The molecular weight excluding hydrogens is 599 g/mol. The van der Waals surface area contributed by atoms with Crippen LogP contribution in [0, 0.1) is 11.3 Å². The highest BCUT2D eigenvalue weighted by molar-refractivity contribution is 6.48. The average Bonchev–Trinajstić information content (AvgIpc) is 3.01. The number of amides is 1. The summed E-state index contributed by atoms with van der Waals surface area (Å²) in [6, 6.07) is 22.7. The molecule has 3 aromatic rings. The van der Waals surface area contributed by atoms with Gasteiger partial charge in [-0.15, -0.1) is 0 Å². The van der Waals surface area contributed by atoms with Crippen molar-refractivity contribution in [3.8, 4) is 11.5 Å². The number of carbonyl (C=O) groups is 1. The predicted octanol–water partition coefficient (Wildman–Crippen LogP) is 10.7. The fourth-order valence-corrected chi connectivity index (χ4v) is 8.07. The second-order valence-corrected chi connectivity index (χ2v) is 18.5. The van der Waals surface area contributed by atoms with Crippen LogP contribution in [0.5, 0.6) is 11.5 Å². The molecule has 1 fully saturated rings. The van der Waals surface area contributed by atoms with E-state index < -0.39 is 9.04 Å². The van der Waals surface area contributed by atoms with Crippen molar-refractivity contribution in [2.75, 3.05) is 11.9 Å². The summed E-state index contributed by atoms with van der Waals surface area (Å²) < 4.78 is 19.6. The van der Waals surface area contributed by atoms with Gasteiger partial charge >= 0.3 is 0 Å². The lowest BCUT2D eigenvalue weighted by atomic mass is 9.77. The largest absolute Gasteiger partial charge is 0.457 e. The lowest BCUT2D eigenvalue weighted by Gasteiger charge is -2.36. The van der Waals surface area contributed by atoms with Gasteiger partial charge in [0.25, 0.3) is 0 Å². The Labute approximate surface area is 285 Å². The van der Waals surface area contributed by atoms with E-state index in [0.717, 1.165) is 52.5 Å². The van der Waals surface area contributed by atoms with Crippen molar-refractivity contribution in [2.45, 2.75) is 123 Å². The number of benzene rings is 3. The highest BCUT2D eigenvalue weighted by Crippen LogP contribution is 2.46. The molecule has 0 spiro atoms. The van der Waals surface area contributed by atoms with Crippen LogP contribution in [-0.2, 0) is 19.4 Å². The molecule has 1 heterocycles. The molecule has 2 unspecified atom stereocenters. The zero-order chi connectivity index (χ0) is 33.8. The molecule has 1 aliphatic carbocycles. The highest BCUT2D eigenvalue weighted by atomic mass is 28.3. The summed E-state index contributed by atoms with van der Waals surface area (Å²) in [5.41, 5.74) is 5.14. The maximum atomic E-state index is 14.0. The number of carbonyl (C=O) groups excluding carboxylic acids is 1. The Morgan fingerprint density at radius 2 is 1.51 bits per heavy atom. The summed E-state index contributed by atoms with van der Waals surface area (Å²) in [6.45, 7) is 18.8. The van der Waals surface area contributed by atoms with Crippen LogP contribution in [0.2, 0.25) is 13.1 Å². The molecule has 47 heavy (non-hydrogen) atoms. The minimum Gasteiger partial charge on any atom is -0.457 e. The molecule has 2 aliphatic rings. The summed E-state index contributed by atoms with van der Waals surface area (Å²) in [6.07, 6.45) is 7.78. The number of hydrogen-bond acceptors (Lipinski definition) is 4. The summed E-state index contributed by atoms with van der Waals surface area (Å²) >= 11 is 0. The maximum absolute atomic E-state index is 14.0. The van der Waals surface area contributed by atoms with Gasteiger partial charge in [-0.3, -0.25) is 4.79 Å². The molecular formula is C41H57NO4Si. The van der Waals surface area contributed by atoms with Gasteiger partial charge in [0.2, 0.25) is 5.91 Å². The van der Waals surface area contributed by atoms with Crippen LogP contribution in [0.3, 0.4) is 0 Å². The minimum absolute atomic E-state index is 0.00620. The van der Waals surface area contributed by atoms with Crippen LogP contribution < -0.4 is 10.1 Å². The van der Waals surface area contributed by atoms with E-state index in [1.807, 2.05) is 36.4 Å². The lowest BCUT2D eigenvalue weighted by molar-refractivity contribution is -0.116. The molecule has 1 amide bonds. The third kappa shape index (κ3) is 9.16. The molecule has 5 nitrogen and oxygen atoms in total. The Bertz CT molecular complexity index is 1450. The van der Waals surface area contributed by atoms with Crippen molar-refractivity contribution in [2.24, 2.45) is 11.3 Å². The van der Waals surface area contributed by atoms with E-state index in [4.69, 9.17) is 13.9 Å². The molecule has 3 aromatic carbocycles. The molecule has 1 aliphatic heterocycles. The standard InChI is InChI=1S/C41H57NO4Si/c1-40(2,3)29(27-44-30-16-10-9-11-17-30)25-38(46-47(7)8)28-22-23-34(41(4,5)6)35(24-28)42-39(43)26-33-31-18-12-14-20-36(31)45-37-21-15-13-19-32(33)37/h12-15,18-24,29-30,33,38,47H,9-11,16-17,25-27H2,1-8H3,(H,42,43). The van der Waals surface area contributed by atoms with Crippen LogP contribution in [0.4, 0.5) is 5.69 Å². The van der Waals surface area contributed by atoms with E-state index in [2.05, 4.69) is 90.3 Å². The molecule has 5 rings (SSSR count). The number of rotatable bonds is 11. The highest BCUT2D eigenvalue weighted by Gasteiger charge is 2.32. The second kappa shape index (κ2) is 15.1. The zero-order valence-electron chi connectivity index (χ0n) is 30.0. The molecule has 0 radical (unpaired) electrons. The lowest BCUT2D eigenvalue weighted by Crippen LogP contribution is -2.31. The average molecular weight is 656 g/mol. The normalized spacial score (nSPS) is 17.0. The number of ether oxygens (including phenoxy) is 2. The zero-order valence-corrected chi connectivity index (χ0v) is 31.2. The van der Waals surface area contributed by atoms with Crippen molar-refractivity contribution >= 4 is 20.6 Å². The summed E-state index contributed by atoms with van der Waals surface area (Å²) in [5.74, 6) is 1.89. The molecule has 0 aromatic heterocycles. The molecule has 6 heteroatoms. The third-order valence-corrected chi connectivity index (χ3v) is 10.8.